The molecule has 0 radical (unpaired) electrons. The number of carbonyl (C=O) groups excluding carboxylic acids is 1. The molecule has 88 valence electrons. The number of carbonyl (C=O) groups is 1. The second-order valence-corrected chi connectivity index (χ2v) is 5.72. The normalized spacial score (nSPS) is 22.4. The van der Waals surface area contributed by atoms with Gasteiger partial charge < -0.3 is 5.11 Å². The molecule has 17 heavy (non-hydrogen) atoms. The van der Waals surface area contributed by atoms with Gasteiger partial charge in [-0.2, -0.15) is 0 Å². The number of ketones is 1. The quantitative estimate of drug-likeness (QED) is 0.773. The van der Waals surface area contributed by atoms with Crippen molar-refractivity contribution in [2.75, 3.05) is 0 Å². The van der Waals surface area contributed by atoms with E-state index in [1.54, 1.807) is 18.3 Å². The summed E-state index contributed by atoms with van der Waals surface area (Å²) in [5.74, 6) is 0.145. The lowest BCUT2D eigenvalue weighted by Crippen LogP contribution is -2.12. The molecule has 1 heterocycles. The molecule has 0 spiro atoms. The van der Waals surface area contributed by atoms with Gasteiger partial charge in [0.05, 0.1) is 11.0 Å². The van der Waals surface area contributed by atoms with Crippen molar-refractivity contribution in [1.29, 1.82) is 0 Å². The van der Waals surface area contributed by atoms with E-state index in [2.05, 4.69) is 0 Å². The van der Waals surface area contributed by atoms with Crippen LogP contribution in [0, 0.1) is 0 Å². The van der Waals surface area contributed by atoms with Gasteiger partial charge in [0.1, 0.15) is 0 Å². The highest BCUT2D eigenvalue weighted by Gasteiger charge is 2.24. The number of aliphatic hydroxyl groups is 1. The number of rotatable bonds is 1. The first-order valence-electron chi connectivity index (χ1n) is 5.87. The molecule has 1 N–H and O–H groups in total. The maximum Gasteiger partial charge on any atom is 0.169 e. The zero-order chi connectivity index (χ0) is 12.0. The second kappa shape index (κ2) is 3.93. The van der Waals surface area contributed by atoms with Crippen LogP contribution in [-0.4, -0.2) is 17.0 Å². The minimum absolute atomic E-state index is 0.145. The van der Waals surface area contributed by atoms with E-state index in [4.69, 9.17) is 0 Å². The fraction of sp³-hybridized carbons (Fsp3) is 0.357. The summed E-state index contributed by atoms with van der Waals surface area (Å²) in [5, 5.41) is 9.62. The van der Waals surface area contributed by atoms with Gasteiger partial charge in [-0.05, 0) is 43.4 Å². The highest BCUT2D eigenvalue weighted by atomic mass is 32.1. The number of aryl methyl sites for hydroxylation is 1. The van der Waals surface area contributed by atoms with Crippen LogP contribution in [0.25, 0.3) is 5.57 Å². The summed E-state index contributed by atoms with van der Waals surface area (Å²) in [4.78, 5) is 13.5. The van der Waals surface area contributed by atoms with Crippen molar-refractivity contribution in [3.05, 3.63) is 39.1 Å². The van der Waals surface area contributed by atoms with Crippen molar-refractivity contribution in [2.45, 2.75) is 32.3 Å². The van der Waals surface area contributed by atoms with Crippen molar-refractivity contribution in [2.24, 2.45) is 0 Å². The molecule has 0 saturated heterocycles. The monoisotopic (exact) mass is 246 g/mol. The maximum absolute atomic E-state index is 11.4. The van der Waals surface area contributed by atoms with Crippen LogP contribution in [0.5, 0.6) is 0 Å². The molecule has 1 atom stereocenters. The van der Waals surface area contributed by atoms with Crippen LogP contribution in [-0.2, 0) is 6.42 Å². The molecule has 0 saturated carbocycles. The van der Waals surface area contributed by atoms with E-state index in [0.29, 0.717) is 0 Å². The van der Waals surface area contributed by atoms with Crippen LogP contribution in [0.3, 0.4) is 0 Å². The van der Waals surface area contributed by atoms with Crippen LogP contribution in [0.2, 0.25) is 0 Å². The lowest BCUT2D eigenvalue weighted by molar-refractivity contribution is 0.102. The zero-order valence-electron chi connectivity index (χ0n) is 9.69. The Morgan fingerprint density at radius 3 is 3.06 bits per heavy atom. The van der Waals surface area contributed by atoms with Crippen molar-refractivity contribution >= 4 is 22.7 Å². The Hall–Kier alpha value is -1.19. The number of Topliss-reactive ketones (excluding diaryl/α,β-unsaturated/α-hetero) is 1. The largest absolute Gasteiger partial charge is 0.389 e. The van der Waals surface area contributed by atoms with Gasteiger partial charge in [-0.15, -0.1) is 11.3 Å². The van der Waals surface area contributed by atoms with Crippen LogP contribution < -0.4 is 0 Å². The number of aliphatic hydroxyl groups excluding tert-OH is 1. The van der Waals surface area contributed by atoms with E-state index in [1.807, 2.05) is 18.2 Å². The number of hydrogen-bond acceptors (Lipinski definition) is 3. The number of fused-ring (bicyclic) bond motifs is 2. The van der Waals surface area contributed by atoms with Gasteiger partial charge in [-0.3, -0.25) is 4.79 Å². The minimum atomic E-state index is -0.331. The predicted molar refractivity (Wildman–Crippen MR) is 69.3 cm³/mol. The Morgan fingerprint density at radius 2 is 2.29 bits per heavy atom. The third-order valence-electron chi connectivity index (χ3n) is 3.42. The Bertz CT molecular complexity index is 549. The highest BCUT2D eigenvalue weighted by molar-refractivity contribution is 7.15. The lowest BCUT2D eigenvalue weighted by atomic mass is 9.85. The first-order chi connectivity index (χ1) is 8.15. The van der Waals surface area contributed by atoms with Gasteiger partial charge >= 0.3 is 0 Å². The molecule has 0 aliphatic heterocycles. The van der Waals surface area contributed by atoms with Gasteiger partial charge in [0.2, 0.25) is 0 Å². The van der Waals surface area contributed by atoms with Crippen molar-refractivity contribution in [3.63, 3.8) is 0 Å². The van der Waals surface area contributed by atoms with Crippen LogP contribution in [0.4, 0.5) is 0 Å². The number of thiophene rings is 1. The molecule has 2 nitrogen and oxygen atoms in total. The Labute approximate surface area is 104 Å². The van der Waals surface area contributed by atoms with Gasteiger partial charge in [-0.25, -0.2) is 0 Å². The minimum Gasteiger partial charge on any atom is -0.389 e. The summed E-state index contributed by atoms with van der Waals surface area (Å²) < 4.78 is 0. The van der Waals surface area contributed by atoms with Gasteiger partial charge in [0.25, 0.3) is 0 Å². The summed E-state index contributed by atoms with van der Waals surface area (Å²) in [7, 11) is 0. The average Bonchev–Trinajstić information content (AvgIpc) is 2.72. The molecular formula is C14H14O2S. The van der Waals surface area contributed by atoms with E-state index in [1.165, 1.54) is 21.6 Å². The third kappa shape index (κ3) is 1.79. The van der Waals surface area contributed by atoms with Crippen LogP contribution in [0.15, 0.2) is 23.8 Å². The maximum atomic E-state index is 11.4. The molecule has 3 heteroatoms. The molecule has 0 fully saturated rings. The smallest absolute Gasteiger partial charge is 0.169 e. The molecule has 3 rings (SSSR count). The SMILES string of the molecule is CC(=O)c1cc2c(s1)C1=C(CC2)CC(O)C=C1. The summed E-state index contributed by atoms with van der Waals surface area (Å²) >= 11 is 1.59. The van der Waals surface area contributed by atoms with Crippen LogP contribution in [0.1, 0.15) is 39.9 Å². The Balaban J connectivity index is 2.08. The fourth-order valence-corrected chi connectivity index (χ4v) is 3.71. The molecule has 1 unspecified atom stereocenters. The average molecular weight is 246 g/mol. The summed E-state index contributed by atoms with van der Waals surface area (Å²) in [6.45, 7) is 1.62. The van der Waals surface area contributed by atoms with E-state index in [-0.39, 0.29) is 11.9 Å². The summed E-state index contributed by atoms with van der Waals surface area (Å²) in [5.41, 5.74) is 3.87. The molecular weight excluding hydrogens is 232 g/mol. The van der Waals surface area contributed by atoms with Crippen molar-refractivity contribution in [1.82, 2.24) is 0 Å². The van der Waals surface area contributed by atoms with Gasteiger partial charge in [-0.1, -0.05) is 17.7 Å². The molecule has 0 bridgehead atoms. The van der Waals surface area contributed by atoms with Gasteiger partial charge in [0.15, 0.2) is 5.78 Å². The molecule has 2 aliphatic rings. The zero-order valence-corrected chi connectivity index (χ0v) is 10.5. The van der Waals surface area contributed by atoms with Crippen LogP contribution >= 0.6 is 11.3 Å². The van der Waals surface area contributed by atoms with E-state index in [0.717, 1.165) is 24.1 Å². The predicted octanol–water partition coefficient (Wildman–Crippen LogP) is 2.97. The fourth-order valence-electron chi connectivity index (χ4n) is 2.53. The highest BCUT2D eigenvalue weighted by Crippen LogP contribution is 2.41. The van der Waals surface area contributed by atoms with E-state index < -0.39 is 0 Å². The standard InChI is InChI=1S/C14H14O2S/c1-8(15)13-7-10-3-2-9-6-11(16)4-5-12(9)14(10)17-13/h4-5,7,11,16H,2-3,6H2,1H3. The van der Waals surface area contributed by atoms with E-state index >= 15 is 0 Å². The second-order valence-electron chi connectivity index (χ2n) is 4.67. The first kappa shape index (κ1) is 10.9. The summed E-state index contributed by atoms with van der Waals surface area (Å²) in [6, 6.07) is 2.03. The lowest BCUT2D eigenvalue weighted by Gasteiger charge is -2.23. The first-order valence-corrected chi connectivity index (χ1v) is 6.69. The molecule has 0 amide bonds. The van der Waals surface area contributed by atoms with Gasteiger partial charge in [0, 0.05) is 4.88 Å². The molecule has 0 aromatic carbocycles. The molecule has 1 aromatic rings. The van der Waals surface area contributed by atoms with Crippen molar-refractivity contribution in [3.8, 4) is 0 Å². The Kier molecular flexibility index (Phi) is 2.53. The van der Waals surface area contributed by atoms with E-state index in [9.17, 15) is 9.90 Å². The Morgan fingerprint density at radius 1 is 1.47 bits per heavy atom. The topological polar surface area (TPSA) is 37.3 Å². The molecule has 2 aliphatic carbocycles. The third-order valence-corrected chi connectivity index (χ3v) is 4.73. The van der Waals surface area contributed by atoms with Crippen molar-refractivity contribution < 1.29 is 9.90 Å². The number of allylic oxidation sites excluding steroid dienone is 2. The number of hydrogen-bond donors (Lipinski definition) is 1. The molecule has 1 aromatic heterocycles. The summed E-state index contributed by atoms with van der Waals surface area (Å²) in [6.07, 6.45) is 6.29.